The van der Waals surface area contributed by atoms with Crippen molar-refractivity contribution in [2.45, 2.75) is 6.92 Å². The molecule has 0 aliphatic rings. The lowest BCUT2D eigenvalue weighted by Gasteiger charge is -2.11. The van der Waals surface area contributed by atoms with Gasteiger partial charge in [-0.2, -0.15) is 0 Å². The maximum Gasteiger partial charge on any atom is 0.162 e. The highest BCUT2D eigenvalue weighted by atomic mass is 16.5. The highest BCUT2D eigenvalue weighted by molar-refractivity contribution is 5.81. The number of rotatable bonds is 5. The van der Waals surface area contributed by atoms with Crippen LogP contribution in [-0.2, 0) is 4.74 Å². The molecule has 18 heavy (non-hydrogen) atoms. The van der Waals surface area contributed by atoms with Crippen molar-refractivity contribution in [2.24, 2.45) is 0 Å². The smallest absolute Gasteiger partial charge is 0.162 e. The minimum absolute atomic E-state index is 0.477. The predicted molar refractivity (Wildman–Crippen MR) is 68.2 cm³/mol. The summed E-state index contributed by atoms with van der Waals surface area (Å²) in [6.07, 6.45) is 1.78. The molecule has 0 aliphatic carbocycles. The number of methoxy groups -OCH3 is 2. The monoisotopic (exact) mass is 248 g/mol. The van der Waals surface area contributed by atoms with Crippen molar-refractivity contribution in [3.63, 3.8) is 0 Å². The van der Waals surface area contributed by atoms with E-state index in [1.807, 2.05) is 19.1 Å². The van der Waals surface area contributed by atoms with E-state index in [1.54, 1.807) is 20.4 Å². The summed E-state index contributed by atoms with van der Waals surface area (Å²) in [5, 5.41) is 0.925. The molecule has 5 nitrogen and oxygen atoms in total. The maximum absolute atomic E-state index is 5.60. The van der Waals surface area contributed by atoms with Gasteiger partial charge in [0.05, 0.1) is 19.2 Å². The van der Waals surface area contributed by atoms with Crippen LogP contribution >= 0.6 is 0 Å². The van der Waals surface area contributed by atoms with Gasteiger partial charge in [-0.3, -0.25) is 0 Å². The van der Waals surface area contributed by atoms with Gasteiger partial charge in [0.2, 0.25) is 0 Å². The summed E-state index contributed by atoms with van der Waals surface area (Å²) in [4.78, 5) is 8.52. The van der Waals surface area contributed by atoms with E-state index in [0.717, 1.165) is 16.7 Å². The molecule has 1 heterocycles. The number of hydrogen-bond donors (Lipinski definition) is 0. The maximum atomic E-state index is 5.60. The Morgan fingerprint density at radius 2 is 1.94 bits per heavy atom. The van der Waals surface area contributed by atoms with Gasteiger partial charge in [-0.05, 0) is 13.0 Å². The molecular weight excluding hydrogens is 232 g/mol. The summed E-state index contributed by atoms with van der Waals surface area (Å²) < 4.78 is 15.8. The Bertz CT molecular complexity index is 543. The van der Waals surface area contributed by atoms with Crippen LogP contribution in [0.1, 0.15) is 5.82 Å². The minimum Gasteiger partial charge on any atom is -0.493 e. The normalized spacial score (nSPS) is 10.6. The Kier molecular flexibility index (Phi) is 3.94. The number of ether oxygens (including phenoxy) is 3. The lowest BCUT2D eigenvalue weighted by Crippen LogP contribution is -2.05. The Hall–Kier alpha value is -1.88. The molecule has 1 aromatic heterocycles. The first-order valence-electron chi connectivity index (χ1n) is 5.67. The van der Waals surface area contributed by atoms with E-state index in [2.05, 4.69) is 9.97 Å². The average Bonchev–Trinajstić information content (AvgIpc) is 2.38. The summed E-state index contributed by atoms with van der Waals surface area (Å²) >= 11 is 0. The van der Waals surface area contributed by atoms with Crippen LogP contribution in [0.5, 0.6) is 11.5 Å². The second-order valence-corrected chi connectivity index (χ2v) is 3.82. The van der Waals surface area contributed by atoms with Crippen molar-refractivity contribution in [1.82, 2.24) is 9.97 Å². The van der Waals surface area contributed by atoms with Crippen molar-refractivity contribution < 1.29 is 14.2 Å². The largest absolute Gasteiger partial charge is 0.493 e. The van der Waals surface area contributed by atoms with Gasteiger partial charge >= 0.3 is 0 Å². The Morgan fingerprint density at radius 3 is 2.67 bits per heavy atom. The number of aromatic nitrogens is 2. The van der Waals surface area contributed by atoms with E-state index in [1.165, 1.54) is 0 Å². The van der Waals surface area contributed by atoms with Crippen LogP contribution in [-0.4, -0.2) is 37.4 Å². The number of nitrogens with zero attached hydrogens (tertiary/aromatic N) is 2. The number of aryl methyl sites for hydroxylation is 1. The van der Waals surface area contributed by atoms with E-state index < -0.39 is 0 Å². The van der Waals surface area contributed by atoms with E-state index >= 15 is 0 Å². The molecule has 0 spiro atoms. The SMILES string of the molecule is COCCOc1cc2cnc(C)nc2cc1OC. The van der Waals surface area contributed by atoms with Gasteiger partial charge in [0.15, 0.2) is 11.5 Å². The number of fused-ring (bicyclic) bond motifs is 1. The highest BCUT2D eigenvalue weighted by Gasteiger charge is 2.08. The molecule has 0 saturated carbocycles. The van der Waals surface area contributed by atoms with Crippen molar-refractivity contribution in [2.75, 3.05) is 27.4 Å². The van der Waals surface area contributed by atoms with Gasteiger partial charge in [-0.25, -0.2) is 9.97 Å². The molecule has 0 amide bonds. The molecule has 0 unspecified atom stereocenters. The van der Waals surface area contributed by atoms with E-state index in [4.69, 9.17) is 14.2 Å². The van der Waals surface area contributed by atoms with Crippen molar-refractivity contribution in [3.8, 4) is 11.5 Å². The van der Waals surface area contributed by atoms with E-state index in [-0.39, 0.29) is 0 Å². The van der Waals surface area contributed by atoms with Crippen molar-refractivity contribution in [3.05, 3.63) is 24.2 Å². The zero-order valence-corrected chi connectivity index (χ0v) is 10.8. The standard InChI is InChI=1S/C13H16N2O3/c1-9-14-8-10-6-13(18-5-4-16-2)12(17-3)7-11(10)15-9/h6-8H,4-5H2,1-3H3. The molecular formula is C13H16N2O3. The molecule has 2 rings (SSSR count). The molecule has 5 heteroatoms. The van der Waals surface area contributed by atoms with Gasteiger partial charge in [0.1, 0.15) is 12.4 Å². The Morgan fingerprint density at radius 1 is 1.11 bits per heavy atom. The molecule has 2 aromatic rings. The van der Waals surface area contributed by atoms with Gasteiger partial charge < -0.3 is 14.2 Å². The van der Waals surface area contributed by atoms with E-state index in [0.29, 0.717) is 24.7 Å². The summed E-state index contributed by atoms with van der Waals surface area (Å²) in [5.74, 6) is 2.07. The van der Waals surface area contributed by atoms with Crippen molar-refractivity contribution in [1.29, 1.82) is 0 Å². The second kappa shape index (κ2) is 5.64. The van der Waals surface area contributed by atoms with Crippen LogP contribution in [0.2, 0.25) is 0 Å². The quantitative estimate of drug-likeness (QED) is 0.757. The predicted octanol–water partition coefficient (Wildman–Crippen LogP) is 1.97. The molecule has 96 valence electrons. The molecule has 0 bridgehead atoms. The summed E-state index contributed by atoms with van der Waals surface area (Å²) in [5.41, 5.74) is 0.846. The van der Waals surface area contributed by atoms with Crippen LogP contribution in [0.4, 0.5) is 0 Å². The lowest BCUT2D eigenvalue weighted by atomic mass is 10.2. The molecule has 0 N–H and O–H groups in total. The topological polar surface area (TPSA) is 53.5 Å². The Balaban J connectivity index is 2.36. The van der Waals surface area contributed by atoms with Crippen LogP contribution in [0.25, 0.3) is 10.9 Å². The first kappa shape index (κ1) is 12.6. The fourth-order valence-electron chi connectivity index (χ4n) is 1.64. The van der Waals surface area contributed by atoms with Gasteiger partial charge in [-0.15, -0.1) is 0 Å². The third-order valence-electron chi connectivity index (χ3n) is 2.53. The van der Waals surface area contributed by atoms with Crippen LogP contribution in [0.3, 0.4) is 0 Å². The zero-order chi connectivity index (χ0) is 13.0. The van der Waals surface area contributed by atoms with Crippen molar-refractivity contribution >= 4 is 10.9 Å². The fourth-order valence-corrected chi connectivity index (χ4v) is 1.64. The molecule has 0 atom stereocenters. The number of hydrogen-bond acceptors (Lipinski definition) is 5. The van der Waals surface area contributed by atoms with Gasteiger partial charge in [0, 0.05) is 24.8 Å². The first-order valence-corrected chi connectivity index (χ1v) is 5.67. The average molecular weight is 248 g/mol. The molecule has 0 saturated heterocycles. The minimum atomic E-state index is 0.477. The third kappa shape index (κ3) is 2.68. The molecule has 0 radical (unpaired) electrons. The lowest BCUT2D eigenvalue weighted by molar-refractivity contribution is 0.144. The summed E-state index contributed by atoms with van der Waals surface area (Å²) in [6, 6.07) is 3.73. The summed E-state index contributed by atoms with van der Waals surface area (Å²) in [6.45, 7) is 2.87. The second-order valence-electron chi connectivity index (χ2n) is 3.82. The van der Waals surface area contributed by atoms with Crippen LogP contribution < -0.4 is 9.47 Å². The van der Waals surface area contributed by atoms with E-state index in [9.17, 15) is 0 Å². The first-order chi connectivity index (χ1) is 8.74. The van der Waals surface area contributed by atoms with Crippen LogP contribution in [0, 0.1) is 6.92 Å². The third-order valence-corrected chi connectivity index (χ3v) is 2.53. The molecule has 0 fully saturated rings. The highest BCUT2D eigenvalue weighted by Crippen LogP contribution is 2.31. The Labute approximate surface area is 106 Å². The molecule has 0 aliphatic heterocycles. The van der Waals surface area contributed by atoms with Gasteiger partial charge in [0.25, 0.3) is 0 Å². The van der Waals surface area contributed by atoms with Crippen LogP contribution in [0.15, 0.2) is 18.3 Å². The fraction of sp³-hybridized carbons (Fsp3) is 0.385. The molecule has 1 aromatic carbocycles. The zero-order valence-electron chi connectivity index (χ0n) is 10.8. The van der Waals surface area contributed by atoms with Gasteiger partial charge in [-0.1, -0.05) is 0 Å². The summed E-state index contributed by atoms with van der Waals surface area (Å²) in [7, 11) is 3.25. The number of benzene rings is 1.